The molecule has 0 aliphatic heterocycles. The second-order valence-electron chi connectivity index (χ2n) is 31.4. The minimum atomic E-state index is 0.133. The molecule has 12 aromatic carbocycles. The summed E-state index contributed by atoms with van der Waals surface area (Å²) in [6.45, 7) is 55.5. The van der Waals surface area contributed by atoms with Crippen LogP contribution in [0.5, 0.6) is 0 Å². The summed E-state index contributed by atoms with van der Waals surface area (Å²) in [5.74, 6) is 0. The van der Waals surface area contributed by atoms with Crippen molar-refractivity contribution in [1.29, 1.82) is 0 Å². The van der Waals surface area contributed by atoms with Crippen LogP contribution in [0.3, 0.4) is 0 Å². The first-order valence-corrected chi connectivity index (χ1v) is 36.3. The Bertz CT molecular complexity index is 4940. The summed E-state index contributed by atoms with van der Waals surface area (Å²) in [7, 11) is 0. The average molecular weight is 1310 g/mol. The quantitative estimate of drug-likeness (QED) is 0.165. The molecule has 0 atom stereocenters. The Hall–Kier alpha value is -9.36. The van der Waals surface area contributed by atoms with Gasteiger partial charge in [-0.15, -0.1) is 0 Å². The van der Waals surface area contributed by atoms with Gasteiger partial charge in [-0.25, -0.2) is 0 Å². The predicted octanol–water partition coefficient (Wildman–Crippen LogP) is 27.9. The topological polar surface area (TPSA) is 0 Å². The van der Waals surface area contributed by atoms with Crippen molar-refractivity contribution in [3.05, 3.63) is 351 Å². The van der Waals surface area contributed by atoms with E-state index in [-0.39, 0.29) is 16.2 Å². The summed E-state index contributed by atoms with van der Waals surface area (Å²) >= 11 is 0. The molecule has 0 fully saturated rings. The van der Waals surface area contributed by atoms with Crippen molar-refractivity contribution < 1.29 is 0 Å². The molecule has 12 aromatic rings. The van der Waals surface area contributed by atoms with Crippen molar-refractivity contribution in [3.63, 3.8) is 0 Å². The molecule has 510 valence electrons. The molecule has 0 unspecified atom stereocenters. The third-order valence-electron chi connectivity index (χ3n) is 21.6. The SMILES string of the molecule is Cc1cc(C)c2c(c1)-c1ccc(C)cc1C2(C)C.Cc1cc(C)c2c(c1)C(C)(C)c1ccccc1-2.Cc1cc(C)cc(-c2c(C)cc(C)cc2C)c1.Cc1cc2c(c(C)c1C)C(C)(C)c1ccccc1-2.Cc1ccc(-c2c(C)cccc2C)cc1.Cc1ccc(-c2cc(C)cc(C)c2)cc1. The lowest BCUT2D eigenvalue weighted by Gasteiger charge is -2.24. The lowest BCUT2D eigenvalue weighted by atomic mass is 9.79. The molecule has 0 saturated heterocycles. The van der Waals surface area contributed by atoms with E-state index in [1.54, 1.807) is 0 Å². The average Bonchev–Trinajstić information content (AvgIpc) is 1.59. The van der Waals surface area contributed by atoms with Crippen molar-refractivity contribution in [2.24, 2.45) is 0 Å². The van der Waals surface area contributed by atoms with Crippen molar-refractivity contribution in [3.8, 4) is 66.8 Å². The number of fused-ring (bicyclic) bond motifs is 9. The summed E-state index contributed by atoms with van der Waals surface area (Å²) in [6, 6.07) is 78.0. The Morgan fingerprint density at radius 1 is 0.180 bits per heavy atom. The molecule has 3 aliphatic rings. The van der Waals surface area contributed by atoms with E-state index < -0.39 is 0 Å². The van der Waals surface area contributed by atoms with E-state index in [1.807, 2.05) is 0 Å². The predicted molar refractivity (Wildman–Crippen MR) is 438 cm³/mol. The highest BCUT2D eigenvalue weighted by molar-refractivity contribution is 5.86. The van der Waals surface area contributed by atoms with Crippen LogP contribution in [0, 0.1) is 132 Å². The summed E-state index contributed by atoms with van der Waals surface area (Å²) in [4.78, 5) is 0. The Kier molecular flexibility index (Phi) is 21.6. The van der Waals surface area contributed by atoms with Gasteiger partial charge in [-0.1, -0.05) is 309 Å². The van der Waals surface area contributed by atoms with Gasteiger partial charge in [-0.2, -0.15) is 0 Å². The second-order valence-corrected chi connectivity index (χ2v) is 31.4. The van der Waals surface area contributed by atoms with Crippen LogP contribution in [0.2, 0.25) is 0 Å². The van der Waals surface area contributed by atoms with Crippen LogP contribution >= 0.6 is 0 Å². The molecule has 15 rings (SSSR count). The third-order valence-corrected chi connectivity index (χ3v) is 21.6. The fourth-order valence-electron chi connectivity index (χ4n) is 16.9. The van der Waals surface area contributed by atoms with E-state index in [4.69, 9.17) is 0 Å². The van der Waals surface area contributed by atoms with E-state index in [1.165, 1.54) is 206 Å². The molecule has 3 aliphatic carbocycles. The molecule has 0 N–H and O–H groups in total. The van der Waals surface area contributed by atoms with E-state index in [2.05, 4.69) is 385 Å². The summed E-state index contributed by atoms with van der Waals surface area (Å²) in [5, 5.41) is 0. The van der Waals surface area contributed by atoms with E-state index >= 15 is 0 Å². The number of rotatable bonds is 3. The largest absolute Gasteiger partial charge is 0.0619 e. The lowest BCUT2D eigenvalue weighted by molar-refractivity contribution is 0.654. The van der Waals surface area contributed by atoms with E-state index in [9.17, 15) is 0 Å². The van der Waals surface area contributed by atoms with Gasteiger partial charge in [0.2, 0.25) is 0 Å². The number of aryl methyl sites for hydroxylation is 17. The van der Waals surface area contributed by atoms with Crippen LogP contribution in [-0.2, 0) is 16.2 Å². The first kappa shape index (κ1) is 73.4. The maximum absolute atomic E-state index is 2.37. The molecule has 0 saturated carbocycles. The zero-order valence-electron chi connectivity index (χ0n) is 65.2. The van der Waals surface area contributed by atoms with Crippen LogP contribution < -0.4 is 0 Å². The van der Waals surface area contributed by atoms with Gasteiger partial charge in [0.15, 0.2) is 0 Å². The Balaban J connectivity index is 0.000000130. The molecule has 0 amide bonds. The Morgan fingerprint density at radius 2 is 0.570 bits per heavy atom. The van der Waals surface area contributed by atoms with Crippen LogP contribution in [0.25, 0.3) is 66.8 Å². The van der Waals surface area contributed by atoms with E-state index in [0.29, 0.717) is 0 Å². The number of hydrogen-bond donors (Lipinski definition) is 0. The van der Waals surface area contributed by atoms with Gasteiger partial charge >= 0.3 is 0 Å². The molecule has 0 heterocycles. The Labute approximate surface area is 603 Å². The van der Waals surface area contributed by atoms with Crippen LogP contribution in [0.1, 0.15) is 181 Å². The smallest absolute Gasteiger partial charge is 0.0161 e. The summed E-state index contributed by atoms with van der Waals surface area (Å²) < 4.78 is 0. The van der Waals surface area contributed by atoms with Crippen LogP contribution in [0.4, 0.5) is 0 Å². The number of hydrogen-bond acceptors (Lipinski definition) is 0. The highest BCUT2D eigenvalue weighted by atomic mass is 14.4. The molecule has 0 aromatic heterocycles. The molecular weight excluding hydrogens is 1200 g/mol. The van der Waals surface area contributed by atoms with Crippen molar-refractivity contribution in [2.45, 2.75) is 189 Å². The van der Waals surface area contributed by atoms with Crippen LogP contribution in [-0.4, -0.2) is 0 Å². The molecule has 0 radical (unpaired) electrons. The minimum absolute atomic E-state index is 0.133. The van der Waals surface area contributed by atoms with Gasteiger partial charge in [0.05, 0.1) is 0 Å². The highest BCUT2D eigenvalue weighted by Gasteiger charge is 2.39. The fourth-order valence-corrected chi connectivity index (χ4v) is 16.9. The Morgan fingerprint density at radius 3 is 1.12 bits per heavy atom. The maximum Gasteiger partial charge on any atom is 0.0161 e. The van der Waals surface area contributed by atoms with Crippen molar-refractivity contribution in [2.75, 3.05) is 0 Å². The zero-order chi connectivity index (χ0) is 72.6. The summed E-state index contributed by atoms with van der Waals surface area (Å²) in [5.41, 5.74) is 51.9. The first-order valence-electron chi connectivity index (χ1n) is 36.3. The number of benzene rings is 12. The first-order chi connectivity index (χ1) is 47.2. The maximum atomic E-state index is 2.37. The molecule has 0 bridgehead atoms. The lowest BCUT2D eigenvalue weighted by Crippen LogP contribution is -2.17. The zero-order valence-corrected chi connectivity index (χ0v) is 65.2. The second kappa shape index (κ2) is 29.5. The molecule has 0 nitrogen and oxygen atoms in total. The highest BCUT2D eigenvalue weighted by Crippen LogP contribution is 2.53. The standard InChI is InChI=1S/2C18H20.C17H18.C17H20.2C15H16/c1-11-6-7-14-15-9-12(2)8-13(3)17(15)18(4,5)16(14)10-11;1-11-10-15-14-8-6-7-9-16(14)18(4,5)17(15)13(3)12(11)2;1-11-9-12(2)16-13-7-5-6-8-14(13)17(3,4)15(16)10-11;1-11-6-12(2)10-16(9-11)17-14(4)7-13(3)8-15(17)5;1-11-4-6-14(7-5-11)15-9-12(2)8-13(3)10-15;1-11-7-9-14(10-8-11)15-12(2)5-4-6-13(15)3/h2*6-10H,1-5H3;5-10H,1-4H3;6-10H,1-5H3;2*4-10H,1-3H3. The normalized spacial score (nSPS) is 13.1. The van der Waals surface area contributed by atoms with Gasteiger partial charge < -0.3 is 0 Å². The molecule has 0 spiro atoms. The molecule has 0 heteroatoms. The van der Waals surface area contributed by atoms with Gasteiger partial charge in [-0.05, 0) is 282 Å². The van der Waals surface area contributed by atoms with Crippen molar-refractivity contribution >= 4 is 0 Å². The summed E-state index contributed by atoms with van der Waals surface area (Å²) in [6.07, 6.45) is 0. The molecular formula is C100H110. The van der Waals surface area contributed by atoms with Gasteiger partial charge in [-0.3, -0.25) is 0 Å². The van der Waals surface area contributed by atoms with Gasteiger partial charge in [0, 0.05) is 16.2 Å². The molecule has 100 heavy (non-hydrogen) atoms. The van der Waals surface area contributed by atoms with Gasteiger partial charge in [0.25, 0.3) is 0 Å². The fraction of sp³-hybridized carbons (Fsp3) is 0.280. The van der Waals surface area contributed by atoms with Crippen LogP contribution in [0.15, 0.2) is 212 Å². The van der Waals surface area contributed by atoms with Gasteiger partial charge in [0.1, 0.15) is 0 Å². The monoisotopic (exact) mass is 1310 g/mol. The van der Waals surface area contributed by atoms with E-state index in [0.717, 1.165) is 0 Å². The van der Waals surface area contributed by atoms with Crippen molar-refractivity contribution in [1.82, 2.24) is 0 Å². The minimum Gasteiger partial charge on any atom is -0.0619 e. The third kappa shape index (κ3) is 15.2.